The fraction of sp³-hybridized carbons (Fsp3) is 0.882. The first-order valence-electron chi connectivity index (χ1n) is 8.23. The number of unbranched alkanes of at least 4 members (excludes halogenated alkanes) is 9. The topological polar surface area (TPSA) is 29.5 Å². The van der Waals surface area contributed by atoms with Crippen LogP contribution in [-0.2, 0) is 4.74 Å². The molecule has 1 heterocycles. The van der Waals surface area contributed by atoms with E-state index in [1.807, 2.05) is 6.08 Å². The molecule has 0 aromatic carbocycles. The van der Waals surface area contributed by atoms with Gasteiger partial charge in [0.05, 0.1) is 18.8 Å². The molecule has 0 radical (unpaired) electrons. The standard InChI is InChI=1S/C17H32O2/c1-2-3-4-5-6-7-8-9-10-11-12-13-17-14-16(18)15-19-17/h2,16-18H,1,3-15H2/t16-,17+/m0/s1. The molecular weight excluding hydrogens is 236 g/mol. The third-order valence-electron chi connectivity index (χ3n) is 3.99. The quantitative estimate of drug-likeness (QED) is 0.413. The smallest absolute Gasteiger partial charge is 0.0798 e. The number of aliphatic hydroxyl groups excluding tert-OH is 1. The summed E-state index contributed by atoms with van der Waals surface area (Å²) < 4.78 is 5.50. The van der Waals surface area contributed by atoms with Crippen molar-refractivity contribution in [1.29, 1.82) is 0 Å². The molecule has 0 saturated carbocycles. The second-order valence-corrected chi connectivity index (χ2v) is 5.89. The minimum absolute atomic E-state index is 0.203. The highest BCUT2D eigenvalue weighted by Crippen LogP contribution is 2.19. The van der Waals surface area contributed by atoms with Crippen molar-refractivity contribution in [2.45, 2.75) is 89.3 Å². The summed E-state index contributed by atoms with van der Waals surface area (Å²) in [7, 11) is 0. The summed E-state index contributed by atoms with van der Waals surface area (Å²) >= 11 is 0. The first-order valence-corrected chi connectivity index (χ1v) is 8.23. The Bertz CT molecular complexity index is 215. The molecule has 0 aliphatic carbocycles. The number of ether oxygens (including phenoxy) is 1. The zero-order chi connectivity index (χ0) is 13.8. The van der Waals surface area contributed by atoms with Crippen LogP contribution in [0.1, 0.15) is 77.0 Å². The van der Waals surface area contributed by atoms with Gasteiger partial charge in [-0.15, -0.1) is 6.58 Å². The maximum atomic E-state index is 9.35. The summed E-state index contributed by atoms with van der Waals surface area (Å²) in [5.41, 5.74) is 0. The van der Waals surface area contributed by atoms with Crippen molar-refractivity contribution in [3.05, 3.63) is 12.7 Å². The van der Waals surface area contributed by atoms with Crippen LogP contribution in [0.5, 0.6) is 0 Å². The highest BCUT2D eigenvalue weighted by Gasteiger charge is 2.22. The molecule has 0 aromatic heterocycles. The Labute approximate surface area is 119 Å². The van der Waals surface area contributed by atoms with E-state index in [1.54, 1.807) is 0 Å². The molecule has 1 aliphatic heterocycles. The maximum Gasteiger partial charge on any atom is 0.0798 e. The molecule has 1 rings (SSSR count). The molecular formula is C17H32O2. The molecule has 0 spiro atoms. The van der Waals surface area contributed by atoms with Crippen LogP contribution in [0.2, 0.25) is 0 Å². The molecule has 0 unspecified atom stereocenters. The van der Waals surface area contributed by atoms with Gasteiger partial charge in [0.2, 0.25) is 0 Å². The lowest BCUT2D eigenvalue weighted by atomic mass is 10.0. The van der Waals surface area contributed by atoms with Gasteiger partial charge in [-0.3, -0.25) is 0 Å². The molecule has 112 valence electrons. The van der Waals surface area contributed by atoms with Crippen molar-refractivity contribution >= 4 is 0 Å². The highest BCUT2D eigenvalue weighted by atomic mass is 16.5. The summed E-state index contributed by atoms with van der Waals surface area (Å²) in [5, 5.41) is 9.35. The Morgan fingerprint density at radius 1 is 0.947 bits per heavy atom. The monoisotopic (exact) mass is 268 g/mol. The minimum atomic E-state index is -0.203. The third-order valence-corrected chi connectivity index (χ3v) is 3.99. The summed E-state index contributed by atoms with van der Waals surface area (Å²) in [5.74, 6) is 0. The lowest BCUT2D eigenvalue weighted by molar-refractivity contribution is 0.0829. The van der Waals surface area contributed by atoms with E-state index in [9.17, 15) is 5.11 Å². The average Bonchev–Trinajstić information content (AvgIpc) is 2.82. The van der Waals surface area contributed by atoms with Crippen molar-refractivity contribution in [1.82, 2.24) is 0 Å². The predicted octanol–water partition coefficient (Wildman–Crippen LogP) is 4.61. The van der Waals surface area contributed by atoms with Crippen molar-refractivity contribution in [2.24, 2.45) is 0 Å². The zero-order valence-corrected chi connectivity index (χ0v) is 12.5. The summed E-state index contributed by atoms with van der Waals surface area (Å²) in [6.45, 7) is 4.30. The molecule has 1 saturated heterocycles. The fourth-order valence-electron chi connectivity index (χ4n) is 2.79. The van der Waals surface area contributed by atoms with E-state index in [2.05, 4.69) is 6.58 Å². The van der Waals surface area contributed by atoms with E-state index in [0.717, 1.165) is 12.8 Å². The molecule has 2 heteroatoms. The van der Waals surface area contributed by atoms with Crippen molar-refractivity contribution in [2.75, 3.05) is 6.61 Å². The zero-order valence-electron chi connectivity index (χ0n) is 12.5. The Morgan fingerprint density at radius 2 is 1.53 bits per heavy atom. The average molecular weight is 268 g/mol. The molecule has 0 aromatic rings. The number of rotatable bonds is 12. The van der Waals surface area contributed by atoms with Gasteiger partial charge in [-0.05, 0) is 19.3 Å². The Balaban J connectivity index is 1.73. The van der Waals surface area contributed by atoms with Gasteiger partial charge >= 0.3 is 0 Å². The van der Waals surface area contributed by atoms with Gasteiger partial charge in [0, 0.05) is 6.42 Å². The van der Waals surface area contributed by atoms with E-state index < -0.39 is 0 Å². The first-order chi connectivity index (χ1) is 9.33. The summed E-state index contributed by atoms with van der Waals surface area (Å²) in [6.07, 6.45) is 17.5. The van der Waals surface area contributed by atoms with E-state index in [0.29, 0.717) is 12.7 Å². The van der Waals surface area contributed by atoms with Crippen molar-refractivity contribution in [3.63, 3.8) is 0 Å². The number of aliphatic hydroxyl groups is 1. The van der Waals surface area contributed by atoms with Crippen LogP contribution < -0.4 is 0 Å². The largest absolute Gasteiger partial charge is 0.391 e. The molecule has 1 fully saturated rings. The Kier molecular flexibility index (Phi) is 10.1. The van der Waals surface area contributed by atoms with E-state index >= 15 is 0 Å². The van der Waals surface area contributed by atoms with Crippen LogP contribution in [0.3, 0.4) is 0 Å². The molecule has 2 atom stereocenters. The van der Waals surface area contributed by atoms with Gasteiger partial charge in [0.25, 0.3) is 0 Å². The van der Waals surface area contributed by atoms with Crippen LogP contribution in [0.25, 0.3) is 0 Å². The molecule has 1 N–H and O–H groups in total. The van der Waals surface area contributed by atoms with Gasteiger partial charge in [-0.2, -0.15) is 0 Å². The number of hydrogen-bond acceptors (Lipinski definition) is 2. The second-order valence-electron chi connectivity index (χ2n) is 5.89. The van der Waals surface area contributed by atoms with Gasteiger partial charge in [0.15, 0.2) is 0 Å². The molecule has 0 bridgehead atoms. The molecule has 2 nitrogen and oxygen atoms in total. The number of allylic oxidation sites excluding steroid dienone is 1. The van der Waals surface area contributed by atoms with Crippen molar-refractivity contribution < 1.29 is 9.84 Å². The van der Waals surface area contributed by atoms with Crippen molar-refractivity contribution in [3.8, 4) is 0 Å². The third kappa shape index (κ3) is 9.23. The lowest BCUT2D eigenvalue weighted by Gasteiger charge is -2.08. The fourth-order valence-corrected chi connectivity index (χ4v) is 2.79. The molecule has 0 amide bonds. The molecule has 19 heavy (non-hydrogen) atoms. The second kappa shape index (κ2) is 11.5. The normalized spacial score (nSPS) is 22.8. The van der Waals surface area contributed by atoms with E-state index in [4.69, 9.17) is 4.74 Å². The minimum Gasteiger partial charge on any atom is -0.391 e. The summed E-state index contributed by atoms with van der Waals surface area (Å²) in [6, 6.07) is 0. The SMILES string of the molecule is C=CCCCCCCCCCCC[C@@H]1C[C@H](O)CO1. The number of hydrogen-bond donors (Lipinski definition) is 1. The molecule has 1 aliphatic rings. The van der Waals surface area contributed by atoms with E-state index in [-0.39, 0.29) is 6.10 Å². The van der Waals surface area contributed by atoms with Gasteiger partial charge in [-0.25, -0.2) is 0 Å². The van der Waals surface area contributed by atoms with Crippen LogP contribution in [0.4, 0.5) is 0 Å². The van der Waals surface area contributed by atoms with Crippen LogP contribution in [0, 0.1) is 0 Å². The van der Waals surface area contributed by atoms with Gasteiger partial charge < -0.3 is 9.84 Å². The van der Waals surface area contributed by atoms with Crippen LogP contribution in [-0.4, -0.2) is 23.9 Å². The van der Waals surface area contributed by atoms with Crippen LogP contribution in [0.15, 0.2) is 12.7 Å². The van der Waals surface area contributed by atoms with Crippen LogP contribution >= 0.6 is 0 Å². The predicted molar refractivity (Wildman–Crippen MR) is 81.3 cm³/mol. The Hall–Kier alpha value is -0.340. The van der Waals surface area contributed by atoms with Gasteiger partial charge in [0.1, 0.15) is 0 Å². The first kappa shape index (κ1) is 16.7. The highest BCUT2D eigenvalue weighted by molar-refractivity contribution is 4.72. The van der Waals surface area contributed by atoms with E-state index in [1.165, 1.54) is 64.2 Å². The Morgan fingerprint density at radius 3 is 2.05 bits per heavy atom. The maximum absolute atomic E-state index is 9.35. The summed E-state index contributed by atoms with van der Waals surface area (Å²) in [4.78, 5) is 0. The van der Waals surface area contributed by atoms with Gasteiger partial charge in [-0.1, -0.05) is 57.4 Å². The lowest BCUT2D eigenvalue weighted by Crippen LogP contribution is -2.06.